The molecule has 2 N–H and O–H groups in total. The standard InChI is InChI=1S/C21H25N5O2/c1-4-15-8-10-16(11-9-15)23-21(28)19-24-18(17-7-5-6-13-26(17)19)20(27)22-12-14-25(2)3/h5-11,13H,4,12,14H2,1-3H3,(H,22,27)(H,23,28). The number of nitrogens with zero attached hydrogens (tertiary/aromatic N) is 3. The van der Waals surface area contributed by atoms with E-state index in [0.29, 0.717) is 17.7 Å². The molecule has 3 rings (SSSR count). The average molecular weight is 379 g/mol. The summed E-state index contributed by atoms with van der Waals surface area (Å²) in [5.41, 5.74) is 2.72. The number of hydrogen-bond acceptors (Lipinski definition) is 4. The fourth-order valence-corrected chi connectivity index (χ4v) is 2.85. The highest BCUT2D eigenvalue weighted by molar-refractivity contribution is 6.06. The van der Waals surface area contributed by atoms with E-state index in [1.165, 1.54) is 5.56 Å². The molecule has 0 radical (unpaired) electrons. The molecule has 1 aromatic carbocycles. The van der Waals surface area contributed by atoms with Crippen molar-refractivity contribution < 1.29 is 9.59 Å². The van der Waals surface area contributed by atoms with Crippen molar-refractivity contribution in [2.45, 2.75) is 13.3 Å². The maximum absolute atomic E-state index is 12.8. The van der Waals surface area contributed by atoms with E-state index in [4.69, 9.17) is 0 Å². The lowest BCUT2D eigenvalue weighted by Gasteiger charge is -2.09. The Labute approximate surface area is 164 Å². The number of anilines is 1. The molecule has 0 fully saturated rings. The van der Waals surface area contributed by atoms with E-state index in [2.05, 4.69) is 22.5 Å². The molecule has 146 valence electrons. The molecule has 7 nitrogen and oxygen atoms in total. The quantitative estimate of drug-likeness (QED) is 0.661. The summed E-state index contributed by atoms with van der Waals surface area (Å²) in [5, 5.41) is 5.70. The molecule has 0 aliphatic heterocycles. The van der Waals surface area contributed by atoms with E-state index in [1.54, 1.807) is 22.7 Å². The van der Waals surface area contributed by atoms with Crippen LogP contribution in [0.3, 0.4) is 0 Å². The number of aryl methyl sites for hydroxylation is 1. The number of aromatic nitrogens is 2. The second-order valence-corrected chi connectivity index (χ2v) is 6.80. The molecule has 0 aliphatic carbocycles. The summed E-state index contributed by atoms with van der Waals surface area (Å²) in [5.74, 6) is -0.484. The molecular weight excluding hydrogens is 354 g/mol. The summed E-state index contributed by atoms with van der Waals surface area (Å²) >= 11 is 0. The molecule has 0 bridgehead atoms. The molecule has 7 heteroatoms. The van der Waals surface area contributed by atoms with Crippen LogP contribution in [0, 0.1) is 0 Å². The van der Waals surface area contributed by atoms with Gasteiger partial charge in [-0.2, -0.15) is 0 Å². The third kappa shape index (κ3) is 4.37. The number of carbonyl (C=O) groups excluding carboxylic acids is 2. The van der Waals surface area contributed by atoms with E-state index in [1.807, 2.05) is 49.3 Å². The van der Waals surface area contributed by atoms with Gasteiger partial charge in [0.05, 0.1) is 5.52 Å². The van der Waals surface area contributed by atoms with Crippen molar-refractivity contribution in [3.05, 3.63) is 65.7 Å². The van der Waals surface area contributed by atoms with Gasteiger partial charge in [0, 0.05) is 25.0 Å². The van der Waals surface area contributed by atoms with Gasteiger partial charge in [0.1, 0.15) is 0 Å². The molecule has 28 heavy (non-hydrogen) atoms. The number of hydrogen-bond donors (Lipinski definition) is 2. The Morgan fingerprint density at radius 3 is 2.50 bits per heavy atom. The van der Waals surface area contributed by atoms with E-state index in [9.17, 15) is 9.59 Å². The molecule has 0 atom stereocenters. The summed E-state index contributed by atoms with van der Waals surface area (Å²) in [6.45, 7) is 3.30. The van der Waals surface area contributed by atoms with Gasteiger partial charge in [0.2, 0.25) is 5.82 Å². The van der Waals surface area contributed by atoms with Gasteiger partial charge in [0.25, 0.3) is 11.8 Å². The van der Waals surface area contributed by atoms with Crippen LogP contribution in [-0.2, 0) is 6.42 Å². The van der Waals surface area contributed by atoms with Gasteiger partial charge in [-0.15, -0.1) is 0 Å². The van der Waals surface area contributed by atoms with Crippen molar-refractivity contribution in [2.75, 3.05) is 32.5 Å². The van der Waals surface area contributed by atoms with Crippen LogP contribution in [0.1, 0.15) is 33.6 Å². The molecule has 0 saturated carbocycles. The van der Waals surface area contributed by atoms with E-state index in [-0.39, 0.29) is 23.3 Å². The van der Waals surface area contributed by atoms with Gasteiger partial charge in [-0.3, -0.25) is 14.0 Å². The Morgan fingerprint density at radius 1 is 1.07 bits per heavy atom. The maximum atomic E-state index is 12.8. The third-order valence-corrected chi connectivity index (χ3v) is 4.43. The fourth-order valence-electron chi connectivity index (χ4n) is 2.85. The van der Waals surface area contributed by atoms with Crippen molar-refractivity contribution in [3.8, 4) is 0 Å². The number of fused-ring (bicyclic) bond motifs is 1. The zero-order valence-corrected chi connectivity index (χ0v) is 16.4. The van der Waals surface area contributed by atoms with Crippen LogP contribution in [0.25, 0.3) is 5.52 Å². The first-order valence-electron chi connectivity index (χ1n) is 9.30. The van der Waals surface area contributed by atoms with Gasteiger partial charge in [-0.1, -0.05) is 25.1 Å². The number of pyridine rings is 1. The highest BCUT2D eigenvalue weighted by Gasteiger charge is 2.21. The Balaban J connectivity index is 1.84. The first kappa shape index (κ1) is 19.6. The first-order chi connectivity index (χ1) is 13.5. The molecule has 0 unspecified atom stereocenters. The summed E-state index contributed by atoms with van der Waals surface area (Å²) in [4.78, 5) is 31.7. The topological polar surface area (TPSA) is 78.7 Å². The predicted molar refractivity (Wildman–Crippen MR) is 110 cm³/mol. The summed E-state index contributed by atoms with van der Waals surface area (Å²) in [7, 11) is 3.88. The lowest BCUT2D eigenvalue weighted by Crippen LogP contribution is -2.31. The van der Waals surface area contributed by atoms with Crippen molar-refractivity contribution in [3.63, 3.8) is 0 Å². The van der Waals surface area contributed by atoms with Crippen molar-refractivity contribution in [1.29, 1.82) is 0 Å². The molecule has 0 aliphatic rings. The molecule has 2 heterocycles. The third-order valence-electron chi connectivity index (χ3n) is 4.43. The minimum absolute atomic E-state index is 0.174. The van der Waals surface area contributed by atoms with Gasteiger partial charge >= 0.3 is 0 Å². The van der Waals surface area contributed by atoms with Crippen LogP contribution in [0.5, 0.6) is 0 Å². The number of imidazole rings is 1. The van der Waals surface area contributed by atoms with Gasteiger partial charge in [-0.25, -0.2) is 4.98 Å². The first-order valence-corrected chi connectivity index (χ1v) is 9.30. The molecular formula is C21H25N5O2. The number of rotatable bonds is 7. The minimum atomic E-state index is -0.363. The van der Waals surface area contributed by atoms with Crippen LogP contribution in [0.4, 0.5) is 5.69 Å². The van der Waals surface area contributed by atoms with E-state index < -0.39 is 0 Å². The van der Waals surface area contributed by atoms with Crippen molar-refractivity contribution >= 4 is 23.0 Å². The average Bonchev–Trinajstić information content (AvgIpc) is 3.08. The fraction of sp³-hybridized carbons (Fsp3) is 0.286. The second kappa shape index (κ2) is 8.67. The Morgan fingerprint density at radius 2 is 1.82 bits per heavy atom. The predicted octanol–water partition coefficient (Wildman–Crippen LogP) is 2.44. The number of likely N-dealkylation sites (N-methyl/N-ethyl adjacent to an activating group) is 1. The lowest BCUT2D eigenvalue weighted by molar-refractivity contribution is 0.0948. The minimum Gasteiger partial charge on any atom is -0.349 e. The van der Waals surface area contributed by atoms with Crippen molar-refractivity contribution in [1.82, 2.24) is 19.6 Å². The van der Waals surface area contributed by atoms with Gasteiger partial charge < -0.3 is 15.5 Å². The van der Waals surface area contributed by atoms with Crippen molar-refractivity contribution in [2.24, 2.45) is 0 Å². The van der Waals surface area contributed by atoms with Crippen LogP contribution in [-0.4, -0.2) is 53.3 Å². The SMILES string of the molecule is CCc1ccc(NC(=O)c2nc(C(=O)NCCN(C)C)c3ccccn23)cc1. The largest absolute Gasteiger partial charge is 0.349 e. The summed E-state index contributed by atoms with van der Waals surface area (Å²) in [6.07, 6.45) is 2.67. The summed E-state index contributed by atoms with van der Waals surface area (Å²) in [6, 6.07) is 13.1. The Hall–Kier alpha value is -3.19. The highest BCUT2D eigenvalue weighted by atomic mass is 16.2. The second-order valence-electron chi connectivity index (χ2n) is 6.80. The lowest BCUT2D eigenvalue weighted by atomic mass is 10.1. The Kier molecular flexibility index (Phi) is 6.06. The van der Waals surface area contributed by atoms with E-state index in [0.717, 1.165) is 13.0 Å². The number of nitrogens with one attached hydrogen (secondary N) is 2. The van der Waals surface area contributed by atoms with Crippen LogP contribution >= 0.6 is 0 Å². The molecule has 0 saturated heterocycles. The normalized spacial score (nSPS) is 11.0. The number of carbonyl (C=O) groups is 2. The zero-order chi connectivity index (χ0) is 20.1. The number of benzene rings is 1. The molecule has 2 aromatic heterocycles. The molecule has 0 spiro atoms. The number of amides is 2. The molecule has 2 amide bonds. The summed E-state index contributed by atoms with van der Waals surface area (Å²) < 4.78 is 1.64. The van der Waals surface area contributed by atoms with Crippen LogP contribution in [0.2, 0.25) is 0 Å². The monoisotopic (exact) mass is 379 g/mol. The van der Waals surface area contributed by atoms with Crippen LogP contribution in [0.15, 0.2) is 48.7 Å². The van der Waals surface area contributed by atoms with E-state index >= 15 is 0 Å². The zero-order valence-electron chi connectivity index (χ0n) is 16.4. The smallest absolute Gasteiger partial charge is 0.292 e. The van der Waals surface area contributed by atoms with Gasteiger partial charge in [0.15, 0.2) is 5.69 Å². The maximum Gasteiger partial charge on any atom is 0.292 e. The highest BCUT2D eigenvalue weighted by Crippen LogP contribution is 2.16. The van der Waals surface area contributed by atoms with Crippen LogP contribution < -0.4 is 10.6 Å². The molecule has 3 aromatic rings. The Bertz CT molecular complexity index is 976. The van der Waals surface area contributed by atoms with Gasteiger partial charge in [-0.05, 0) is 50.3 Å².